The highest BCUT2D eigenvalue weighted by Crippen LogP contribution is 2.39. The fraction of sp³-hybridized carbons (Fsp3) is 0.391. The Hall–Kier alpha value is -2.06. The van der Waals surface area contributed by atoms with E-state index in [2.05, 4.69) is 5.32 Å². The first kappa shape index (κ1) is 23.6. The molecule has 0 aliphatic carbocycles. The van der Waals surface area contributed by atoms with Crippen LogP contribution in [0.1, 0.15) is 25.0 Å². The summed E-state index contributed by atoms with van der Waals surface area (Å²) in [7, 11) is 0. The topological polar surface area (TPSA) is 95.7 Å². The maximum Gasteiger partial charge on any atom is 0.254 e. The van der Waals surface area contributed by atoms with Gasteiger partial charge in [-0.25, -0.2) is 0 Å². The van der Waals surface area contributed by atoms with Gasteiger partial charge in [0.15, 0.2) is 0 Å². The van der Waals surface area contributed by atoms with E-state index in [1.165, 1.54) is 16.7 Å². The van der Waals surface area contributed by atoms with Gasteiger partial charge in [-0.15, -0.1) is 11.8 Å². The second-order valence-corrected chi connectivity index (χ2v) is 10.2. The molecule has 0 saturated carbocycles. The molecule has 8 heteroatoms. The molecule has 1 aliphatic rings. The number of rotatable bonds is 7. The van der Waals surface area contributed by atoms with Crippen molar-refractivity contribution in [3.05, 3.63) is 70.7 Å². The molecule has 166 valence electrons. The molecule has 3 rings (SSSR count). The van der Waals surface area contributed by atoms with E-state index in [1.54, 1.807) is 6.07 Å². The maximum atomic E-state index is 13.1. The summed E-state index contributed by atoms with van der Waals surface area (Å²) in [5.41, 5.74) is 7.87. The Bertz CT molecular complexity index is 925. The van der Waals surface area contributed by atoms with Gasteiger partial charge in [-0.1, -0.05) is 60.1 Å². The quantitative estimate of drug-likeness (QED) is 0.589. The lowest BCUT2D eigenvalue weighted by Gasteiger charge is -2.32. The summed E-state index contributed by atoms with van der Waals surface area (Å²) in [5.74, 6) is -0.503. The summed E-state index contributed by atoms with van der Waals surface area (Å²) in [6, 6.07) is 15.2. The minimum absolute atomic E-state index is 0.258. The van der Waals surface area contributed by atoms with Gasteiger partial charge in [-0.05, 0) is 37.5 Å². The molecule has 2 aromatic rings. The number of aliphatic hydroxyl groups is 1. The number of carbonyl (C=O) groups excluding carboxylic acids is 2. The molecule has 2 amide bonds. The molecule has 0 spiro atoms. The van der Waals surface area contributed by atoms with Gasteiger partial charge in [-0.2, -0.15) is 0 Å². The highest BCUT2D eigenvalue weighted by molar-refractivity contribution is 8.00. The van der Waals surface area contributed by atoms with Gasteiger partial charge in [-0.3, -0.25) is 9.59 Å². The van der Waals surface area contributed by atoms with Gasteiger partial charge < -0.3 is 21.1 Å². The Labute approximate surface area is 192 Å². The predicted octanol–water partition coefficient (Wildman–Crippen LogP) is 2.57. The van der Waals surface area contributed by atoms with Crippen LogP contribution in [-0.2, 0) is 22.6 Å². The molecule has 1 heterocycles. The van der Waals surface area contributed by atoms with Crippen LogP contribution in [0.2, 0.25) is 5.02 Å². The van der Waals surface area contributed by atoms with Crippen molar-refractivity contribution in [3.8, 4) is 0 Å². The number of nitrogens with two attached hydrogens (primary N) is 1. The van der Waals surface area contributed by atoms with Crippen molar-refractivity contribution in [2.24, 2.45) is 5.73 Å². The molecule has 1 aliphatic heterocycles. The van der Waals surface area contributed by atoms with E-state index in [1.807, 2.05) is 62.4 Å². The Morgan fingerprint density at radius 3 is 2.55 bits per heavy atom. The summed E-state index contributed by atoms with van der Waals surface area (Å²) < 4.78 is -0.510. The van der Waals surface area contributed by atoms with E-state index >= 15 is 0 Å². The number of nitrogens with zero attached hydrogens (tertiary/aromatic N) is 1. The number of amides is 2. The molecule has 0 radical (unpaired) electrons. The van der Waals surface area contributed by atoms with Crippen LogP contribution in [0, 0.1) is 0 Å². The predicted molar refractivity (Wildman–Crippen MR) is 125 cm³/mol. The standard InChI is InChI=1S/C23H28ClN3O3S/c1-23(2)20(21(29)26-13-16-10-6-7-11-17(16)24)27(14-31-23)22(30)19(28)18(25)12-15-8-4-3-5-9-15/h3-11,18-20,28H,12-14,25H2,1-2H3,(H,26,29). The number of aliphatic hydroxyl groups excluding tert-OH is 1. The lowest BCUT2D eigenvalue weighted by atomic mass is 9.97. The lowest BCUT2D eigenvalue weighted by Crippen LogP contribution is -2.57. The first-order valence-electron chi connectivity index (χ1n) is 10.1. The van der Waals surface area contributed by atoms with Crippen LogP contribution in [0.3, 0.4) is 0 Å². The second-order valence-electron chi connectivity index (χ2n) is 8.20. The van der Waals surface area contributed by atoms with E-state index in [4.69, 9.17) is 17.3 Å². The van der Waals surface area contributed by atoms with Crippen LogP contribution in [-0.4, -0.2) is 50.6 Å². The largest absolute Gasteiger partial charge is 0.382 e. The number of halogens is 1. The highest BCUT2D eigenvalue weighted by atomic mass is 35.5. The van der Waals surface area contributed by atoms with Crippen molar-refractivity contribution in [1.29, 1.82) is 0 Å². The Balaban J connectivity index is 1.69. The molecule has 4 N–H and O–H groups in total. The molecule has 6 nitrogen and oxygen atoms in total. The lowest BCUT2D eigenvalue weighted by molar-refractivity contribution is -0.147. The summed E-state index contributed by atoms with van der Waals surface area (Å²) >= 11 is 7.68. The van der Waals surface area contributed by atoms with Crippen molar-refractivity contribution >= 4 is 35.2 Å². The van der Waals surface area contributed by atoms with E-state index in [0.29, 0.717) is 17.3 Å². The first-order chi connectivity index (χ1) is 14.7. The molecule has 31 heavy (non-hydrogen) atoms. The SMILES string of the molecule is CC1(C)SCN(C(=O)C(O)C(N)Cc2ccccc2)C1C(=O)NCc1ccccc1Cl. The van der Waals surface area contributed by atoms with Crippen molar-refractivity contribution < 1.29 is 14.7 Å². The van der Waals surface area contributed by atoms with Crippen molar-refractivity contribution in [2.75, 3.05) is 5.88 Å². The summed E-state index contributed by atoms with van der Waals surface area (Å²) in [5, 5.41) is 14.1. The van der Waals surface area contributed by atoms with Gasteiger partial charge in [0, 0.05) is 22.4 Å². The van der Waals surface area contributed by atoms with Gasteiger partial charge in [0.05, 0.1) is 5.88 Å². The second kappa shape index (κ2) is 10.0. The van der Waals surface area contributed by atoms with Crippen molar-refractivity contribution in [1.82, 2.24) is 10.2 Å². The van der Waals surface area contributed by atoms with Crippen molar-refractivity contribution in [3.63, 3.8) is 0 Å². The summed E-state index contributed by atoms with van der Waals surface area (Å²) in [4.78, 5) is 27.6. The van der Waals surface area contributed by atoms with E-state index < -0.39 is 28.8 Å². The molecule has 3 atom stereocenters. The van der Waals surface area contributed by atoms with Gasteiger partial charge in [0.2, 0.25) is 5.91 Å². The van der Waals surface area contributed by atoms with E-state index in [9.17, 15) is 14.7 Å². The zero-order valence-electron chi connectivity index (χ0n) is 17.6. The van der Waals surface area contributed by atoms with Crippen LogP contribution in [0.15, 0.2) is 54.6 Å². The number of carbonyl (C=O) groups is 2. The van der Waals surface area contributed by atoms with Crippen LogP contribution < -0.4 is 11.1 Å². The van der Waals surface area contributed by atoms with Crippen LogP contribution in [0.4, 0.5) is 0 Å². The fourth-order valence-electron chi connectivity index (χ4n) is 3.68. The van der Waals surface area contributed by atoms with Gasteiger partial charge in [0.1, 0.15) is 12.1 Å². The summed E-state index contributed by atoms with van der Waals surface area (Å²) in [6.07, 6.45) is -1.03. The highest BCUT2D eigenvalue weighted by Gasteiger charge is 2.49. The molecule has 1 saturated heterocycles. The Morgan fingerprint density at radius 2 is 1.87 bits per heavy atom. The normalized spacial score (nSPS) is 19.6. The maximum absolute atomic E-state index is 13.1. The van der Waals surface area contributed by atoms with Gasteiger partial charge >= 0.3 is 0 Å². The average molecular weight is 462 g/mol. The van der Waals surface area contributed by atoms with Crippen LogP contribution in [0.5, 0.6) is 0 Å². The number of nitrogens with one attached hydrogen (secondary N) is 1. The Kier molecular flexibility index (Phi) is 7.64. The molecular weight excluding hydrogens is 434 g/mol. The smallest absolute Gasteiger partial charge is 0.254 e. The molecule has 0 bridgehead atoms. The third kappa shape index (κ3) is 5.60. The zero-order chi connectivity index (χ0) is 22.6. The Morgan fingerprint density at radius 1 is 1.23 bits per heavy atom. The fourth-order valence-corrected chi connectivity index (χ4v) is 5.03. The third-order valence-electron chi connectivity index (χ3n) is 5.46. The van der Waals surface area contributed by atoms with Gasteiger partial charge in [0.25, 0.3) is 5.91 Å². The molecule has 2 aromatic carbocycles. The first-order valence-corrected chi connectivity index (χ1v) is 11.5. The van der Waals surface area contributed by atoms with Crippen molar-refractivity contribution in [2.45, 2.75) is 49.7 Å². The molecule has 0 aromatic heterocycles. The molecular formula is C23H28ClN3O3S. The van der Waals surface area contributed by atoms with E-state index in [-0.39, 0.29) is 12.5 Å². The molecule has 3 unspecified atom stereocenters. The summed E-state index contributed by atoms with van der Waals surface area (Å²) in [6.45, 7) is 4.09. The minimum Gasteiger partial charge on any atom is -0.382 e. The monoisotopic (exact) mass is 461 g/mol. The number of thioether (sulfide) groups is 1. The number of benzene rings is 2. The number of hydrogen-bond donors (Lipinski definition) is 3. The van der Waals surface area contributed by atoms with Crippen LogP contribution >= 0.6 is 23.4 Å². The molecule has 1 fully saturated rings. The number of hydrogen-bond acceptors (Lipinski definition) is 5. The third-order valence-corrected chi connectivity index (χ3v) is 7.20. The zero-order valence-corrected chi connectivity index (χ0v) is 19.2. The van der Waals surface area contributed by atoms with E-state index in [0.717, 1.165) is 11.1 Å². The van der Waals surface area contributed by atoms with Crippen LogP contribution in [0.25, 0.3) is 0 Å². The minimum atomic E-state index is -1.39. The average Bonchev–Trinajstić information content (AvgIpc) is 3.07.